The van der Waals surface area contributed by atoms with Gasteiger partial charge in [0.25, 0.3) is 0 Å². The Morgan fingerprint density at radius 3 is 2.33 bits per heavy atom. The molecule has 21 heavy (non-hydrogen) atoms. The van der Waals surface area contributed by atoms with E-state index in [2.05, 4.69) is 67.3 Å². The molecule has 0 unspecified atom stereocenters. The van der Waals surface area contributed by atoms with Crippen LogP contribution in [-0.4, -0.2) is 18.1 Å². The summed E-state index contributed by atoms with van der Waals surface area (Å²) in [6.45, 7) is 6.38. The van der Waals surface area contributed by atoms with Gasteiger partial charge in [-0.15, -0.1) is 0 Å². The van der Waals surface area contributed by atoms with Gasteiger partial charge in [0.05, 0.1) is 11.2 Å². The zero-order valence-corrected chi connectivity index (χ0v) is 12.6. The molecule has 2 nitrogen and oxygen atoms in total. The highest BCUT2D eigenvalue weighted by Gasteiger charge is 2.10. The number of fused-ring (bicyclic) bond motifs is 1. The Labute approximate surface area is 126 Å². The van der Waals surface area contributed by atoms with Crippen LogP contribution >= 0.6 is 0 Å². The van der Waals surface area contributed by atoms with E-state index >= 15 is 0 Å². The summed E-state index contributed by atoms with van der Waals surface area (Å²) in [6.07, 6.45) is 0. The molecule has 0 aliphatic heterocycles. The van der Waals surface area contributed by atoms with Gasteiger partial charge in [0.15, 0.2) is 0 Å². The lowest BCUT2D eigenvalue weighted by atomic mass is 10.1. The normalized spacial score (nSPS) is 10.8. The highest BCUT2D eigenvalue weighted by atomic mass is 15.1. The standard InChI is InChI=1S/C19H20N2/c1-3-21(4-2)19-12-8-6-10-16(19)18-14-13-15-9-5-7-11-17(15)20-18/h5-14H,3-4H2,1-2H3. The molecule has 1 aromatic heterocycles. The van der Waals surface area contributed by atoms with Crippen molar-refractivity contribution < 1.29 is 0 Å². The van der Waals surface area contributed by atoms with Crippen molar-refractivity contribution in [1.82, 2.24) is 4.98 Å². The molecule has 0 aliphatic carbocycles. The van der Waals surface area contributed by atoms with Crippen molar-refractivity contribution in [3.05, 3.63) is 60.7 Å². The molecule has 0 fully saturated rings. The first-order valence-electron chi connectivity index (χ1n) is 7.53. The highest BCUT2D eigenvalue weighted by molar-refractivity contribution is 5.84. The second kappa shape index (κ2) is 5.96. The van der Waals surface area contributed by atoms with Crippen molar-refractivity contribution >= 4 is 16.6 Å². The van der Waals surface area contributed by atoms with Crippen LogP contribution in [0.25, 0.3) is 22.2 Å². The van der Waals surface area contributed by atoms with E-state index in [4.69, 9.17) is 4.98 Å². The molecule has 0 spiro atoms. The summed E-state index contributed by atoms with van der Waals surface area (Å²) < 4.78 is 0. The van der Waals surface area contributed by atoms with Gasteiger partial charge in [0, 0.05) is 29.7 Å². The van der Waals surface area contributed by atoms with Crippen LogP contribution in [0.3, 0.4) is 0 Å². The Balaban J connectivity index is 2.14. The molecule has 0 saturated carbocycles. The number of pyridine rings is 1. The quantitative estimate of drug-likeness (QED) is 0.683. The van der Waals surface area contributed by atoms with Crippen LogP contribution < -0.4 is 4.90 Å². The first-order chi connectivity index (χ1) is 10.3. The first-order valence-corrected chi connectivity index (χ1v) is 7.53. The van der Waals surface area contributed by atoms with Gasteiger partial charge in [0.2, 0.25) is 0 Å². The molecule has 0 saturated heterocycles. The second-order valence-corrected chi connectivity index (χ2v) is 5.08. The van der Waals surface area contributed by atoms with Crippen molar-refractivity contribution in [2.75, 3.05) is 18.0 Å². The Kier molecular flexibility index (Phi) is 3.87. The minimum absolute atomic E-state index is 1.00. The van der Waals surface area contributed by atoms with Crippen LogP contribution in [0.1, 0.15) is 13.8 Å². The summed E-state index contributed by atoms with van der Waals surface area (Å²) >= 11 is 0. The summed E-state index contributed by atoms with van der Waals surface area (Å²) in [5, 5.41) is 1.18. The monoisotopic (exact) mass is 276 g/mol. The van der Waals surface area contributed by atoms with E-state index in [0.29, 0.717) is 0 Å². The number of rotatable bonds is 4. The van der Waals surface area contributed by atoms with Crippen LogP contribution in [0.15, 0.2) is 60.7 Å². The Morgan fingerprint density at radius 1 is 0.810 bits per heavy atom. The van der Waals surface area contributed by atoms with Crippen LogP contribution in [0.5, 0.6) is 0 Å². The Bertz CT molecular complexity index is 745. The maximum atomic E-state index is 4.83. The van der Waals surface area contributed by atoms with Crippen molar-refractivity contribution in [2.45, 2.75) is 13.8 Å². The molecule has 0 bridgehead atoms. The molecule has 2 aromatic carbocycles. The highest BCUT2D eigenvalue weighted by Crippen LogP contribution is 2.30. The predicted octanol–water partition coefficient (Wildman–Crippen LogP) is 4.75. The zero-order valence-electron chi connectivity index (χ0n) is 12.6. The molecule has 3 rings (SSSR count). The number of hydrogen-bond acceptors (Lipinski definition) is 2. The third-order valence-electron chi connectivity index (χ3n) is 3.88. The van der Waals surface area contributed by atoms with E-state index in [0.717, 1.165) is 24.3 Å². The zero-order chi connectivity index (χ0) is 14.7. The molecule has 106 valence electrons. The number of nitrogens with zero attached hydrogens (tertiary/aromatic N) is 2. The molecular formula is C19H20N2. The fraction of sp³-hybridized carbons (Fsp3) is 0.211. The summed E-state index contributed by atoms with van der Waals surface area (Å²) in [6, 6.07) is 21.0. The number of hydrogen-bond donors (Lipinski definition) is 0. The number of benzene rings is 2. The average Bonchev–Trinajstić information content (AvgIpc) is 2.56. The number of aromatic nitrogens is 1. The van der Waals surface area contributed by atoms with E-state index in [1.165, 1.54) is 16.6 Å². The summed E-state index contributed by atoms with van der Waals surface area (Å²) in [7, 11) is 0. The molecule has 0 amide bonds. The van der Waals surface area contributed by atoms with Crippen LogP contribution in [0.4, 0.5) is 5.69 Å². The topological polar surface area (TPSA) is 16.1 Å². The minimum atomic E-state index is 1.00. The fourth-order valence-electron chi connectivity index (χ4n) is 2.75. The summed E-state index contributed by atoms with van der Waals surface area (Å²) in [5.41, 5.74) is 4.54. The molecule has 0 aliphatic rings. The van der Waals surface area contributed by atoms with Gasteiger partial charge in [-0.2, -0.15) is 0 Å². The SMILES string of the molecule is CCN(CC)c1ccccc1-c1ccc2ccccc2n1. The van der Waals surface area contributed by atoms with Crippen molar-refractivity contribution in [2.24, 2.45) is 0 Å². The smallest absolute Gasteiger partial charge is 0.0730 e. The first kappa shape index (κ1) is 13.6. The molecule has 0 N–H and O–H groups in total. The van der Waals surface area contributed by atoms with Crippen molar-refractivity contribution in [1.29, 1.82) is 0 Å². The number of para-hydroxylation sites is 2. The van der Waals surface area contributed by atoms with Gasteiger partial charge in [0.1, 0.15) is 0 Å². The van der Waals surface area contributed by atoms with Crippen molar-refractivity contribution in [3.8, 4) is 11.3 Å². The molecule has 1 heterocycles. The van der Waals surface area contributed by atoms with Crippen LogP contribution in [-0.2, 0) is 0 Å². The van der Waals surface area contributed by atoms with Gasteiger partial charge in [-0.25, -0.2) is 4.98 Å². The minimum Gasteiger partial charge on any atom is -0.372 e. The lowest BCUT2D eigenvalue weighted by molar-refractivity contribution is 0.867. The van der Waals surface area contributed by atoms with E-state index < -0.39 is 0 Å². The average molecular weight is 276 g/mol. The van der Waals surface area contributed by atoms with Gasteiger partial charge in [-0.1, -0.05) is 42.5 Å². The third-order valence-corrected chi connectivity index (χ3v) is 3.88. The molecular weight excluding hydrogens is 256 g/mol. The summed E-state index contributed by atoms with van der Waals surface area (Å²) in [5.74, 6) is 0. The van der Waals surface area contributed by atoms with Gasteiger partial charge in [-0.05, 0) is 32.0 Å². The summed E-state index contributed by atoms with van der Waals surface area (Å²) in [4.78, 5) is 7.20. The van der Waals surface area contributed by atoms with Gasteiger partial charge in [-0.3, -0.25) is 0 Å². The lowest BCUT2D eigenvalue weighted by Gasteiger charge is -2.24. The largest absolute Gasteiger partial charge is 0.372 e. The Hall–Kier alpha value is -2.35. The van der Waals surface area contributed by atoms with E-state index in [9.17, 15) is 0 Å². The maximum Gasteiger partial charge on any atom is 0.0730 e. The molecule has 0 radical (unpaired) electrons. The van der Waals surface area contributed by atoms with E-state index in [1.54, 1.807) is 0 Å². The van der Waals surface area contributed by atoms with Crippen molar-refractivity contribution in [3.63, 3.8) is 0 Å². The Morgan fingerprint density at radius 2 is 1.52 bits per heavy atom. The maximum absolute atomic E-state index is 4.83. The fourth-order valence-corrected chi connectivity index (χ4v) is 2.75. The number of anilines is 1. The third kappa shape index (κ3) is 2.62. The van der Waals surface area contributed by atoms with E-state index in [-0.39, 0.29) is 0 Å². The molecule has 0 atom stereocenters. The van der Waals surface area contributed by atoms with E-state index in [1.807, 2.05) is 12.1 Å². The van der Waals surface area contributed by atoms with Crippen LogP contribution in [0.2, 0.25) is 0 Å². The second-order valence-electron chi connectivity index (χ2n) is 5.08. The van der Waals surface area contributed by atoms with Crippen LogP contribution in [0, 0.1) is 0 Å². The predicted molar refractivity (Wildman–Crippen MR) is 90.7 cm³/mol. The molecule has 3 aromatic rings. The van der Waals surface area contributed by atoms with Gasteiger partial charge < -0.3 is 4.90 Å². The lowest BCUT2D eigenvalue weighted by Crippen LogP contribution is -2.22. The molecule has 2 heteroatoms. The van der Waals surface area contributed by atoms with Gasteiger partial charge >= 0.3 is 0 Å².